The molecular weight excluding hydrogens is 230 g/mol. The van der Waals surface area contributed by atoms with Crippen LogP contribution < -0.4 is 5.73 Å². The first-order chi connectivity index (χ1) is 7.43. The van der Waals surface area contributed by atoms with Crippen LogP contribution in [0.25, 0.3) is 0 Å². The summed E-state index contributed by atoms with van der Waals surface area (Å²) in [5.74, 6) is -0.0305. The molecule has 94 valence electrons. The predicted molar refractivity (Wildman–Crippen MR) is 63.6 cm³/mol. The molecule has 0 radical (unpaired) electrons. The molecule has 16 heavy (non-hydrogen) atoms. The van der Waals surface area contributed by atoms with Gasteiger partial charge in [0, 0.05) is 6.42 Å². The number of hydrogen-bond donors (Lipinski definition) is 3. The van der Waals surface area contributed by atoms with E-state index in [0.717, 1.165) is 12.2 Å². The topological polar surface area (TPSA) is 101 Å². The smallest absolute Gasteiger partial charge is 0.320 e. The Morgan fingerprint density at radius 3 is 2.31 bits per heavy atom. The van der Waals surface area contributed by atoms with Crippen LogP contribution in [0.4, 0.5) is 0 Å². The lowest BCUT2D eigenvalue weighted by Gasteiger charge is -2.09. The van der Waals surface area contributed by atoms with Crippen molar-refractivity contribution >= 4 is 23.7 Å². The van der Waals surface area contributed by atoms with Gasteiger partial charge in [0.15, 0.2) is 0 Å². The van der Waals surface area contributed by atoms with Crippen LogP contribution in [0.5, 0.6) is 0 Å². The highest BCUT2D eigenvalue weighted by Crippen LogP contribution is 2.13. The van der Waals surface area contributed by atoms with Gasteiger partial charge in [0.25, 0.3) is 0 Å². The average Bonchev–Trinajstić information content (AvgIpc) is 2.15. The number of nitrogens with two attached hydrogens (primary N) is 1. The summed E-state index contributed by atoms with van der Waals surface area (Å²) in [6.07, 6.45) is 1.47. The Morgan fingerprint density at radius 2 is 1.81 bits per heavy atom. The monoisotopic (exact) mass is 249 g/mol. The second-order valence-corrected chi connectivity index (χ2v) is 5.06. The third kappa shape index (κ3) is 8.55. The molecule has 0 saturated carbocycles. The minimum absolute atomic E-state index is 0.165. The maximum atomic E-state index is 10.4. The zero-order chi connectivity index (χ0) is 12.6. The van der Waals surface area contributed by atoms with Crippen molar-refractivity contribution in [2.75, 3.05) is 11.5 Å². The molecule has 0 spiro atoms. The number of hydrogen-bond acceptors (Lipinski definition) is 4. The van der Waals surface area contributed by atoms with Crippen LogP contribution in [0.15, 0.2) is 0 Å². The molecule has 0 aliphatic rings. The van der Waals surface area contributed by atoms with E-state index in [1.807, 2.05) is 6.92 Å². The predicted octanol–water partition coefficient (Wildman–Crippen LogP) is 1.02. The second-order valence-electron chi connectivity index (χ2n) is 3.84. The van der Waals surface area contributed by atoms with Gasteiger partial charge in [-0.15, -0.1) is 0 Å². The van der Waals surface area contributed by atoms with Gasteiger partial charge in [0.2, 0.25) is 0 Å². The summed E-state index contributed by atoms with van der Waals surface area (Å²) in [5, 5.41) is 17.1. The van der Waals surface area contributed by atoms with Gasteiger partial charge in [-0.1, -0.05) is 6.92 Å². The fraction of sp³-hybridized carbons (Fsp3) is 0.800. The Labute approximate surface area is 99.4 Å². The van der Waals surface area contributed by atoms with E-state index in [1.165, 1.54) is 0 Å². The van der Waals surface area contributed by atoms with Gasteiger partial charge in [-0.25, -0.2) is 0 Å². The van der Waals surface area contributed by atoms with Gasteiger partial charge >= 0.3 is 11.9 Å². The lowest BCUT2D eigenvalue weighted by molar-refractivity contribution is -0.139. The highest BCUT2D eigenvalue weighted by Gasteiger charge is 2.11. The Hall–Kier alpha value is -0.750. The highest BCUT2D eigenvalue weighted by atomic mass is 32.2. The zero-order valence-electron chi connectivity index (χ0n) is 9.39. The van der Waals surface area contributed by atoms with Crippen LogP contribution in [0, 0.1) is 5.92 Å². The molecule has 0 bridgehead atoms. The summed E-state index contributed by atoms with van der Waals surface area (Å²) >= 11 is 1.62. The Balaban J connectivity index is 3.39. The quantitative estimate of drug-likeness (QED) is 0.527. The second kappa shape index (κ2) is 8.41. The van der Waals surface area contributed by atoms with E-state index in [0.29, 0.717) is 12.2 Å². The fourth-order valence-electron chi connectivity index (χ4n) is 1.12. The molecule has 2 atom stereocenters. The molecule has 0 aromatic rings. The molecule has 5 nitrogen and oxygen atoms in total. The van der Waals surface area contributed by atoms with E-state index in [4.69, 9.17) is 15.9 Å². The Bertz CT molecular complexity index is 235. The summed E-state index contributed by atoms with van der Waals surface area (Å²) in [5.41, 5.74) is 5.33. The van der Waals surface area contributed by atoms with Crippen molar-refractivity contribution in [2.24, 2.45) is 11.7 Å². The normalized spacial score (nSPS) is 14.4. The summed E-state index contributed by atoms with van der Waals surface area (Å²) in [6.45, 7) is 1.90. The van der Waals surface area contributed by atoms with Gasteiger partial charge < -0.3 is 15.9 Å². The van der Waals surface area contributed by atoms with E-state index in [-0.39, 0.29) is 12.3 Å². The maximum absolute atomic E-state index is 10.4. The van der Waals surface area contributed by atoms with Crippen molar-refractivity contribution in [1.82, 2.24) is 0 Å². The lowest BCUT2D eigenvalue weighted by atomic mass is 10.1. The van der Waals surface area contributed by atoms with Crippen LogP contribution in [-0.4, -0.2) is 39.7 Å². The molecular formula is C10H19NO4S. The molecule has 0 amide bonds. The van der Waals surface area contributed by atoms with E-state index < -0.39 is 18.0 Å². The number of carboxylic acids is 2. The largest absolute Gasteiger partial charge is 0.481 e. The summed E-state index contributed by atoms with van der Waals surface area (Å²) < 4.78 is 0. The molecule has 0 rings (SSSR count). The van der Waals surface area contributed by atoms with Crippen molar-refractivity contribution in [2.45, 2.75) is 32.2 Å². The molecule has 0 aliphatic heterocycles. The van der Waals surface area contributed by atoms with E-state index in [9.17, 15) is 9.59 Å². The first kappa shape index (κ1) is 15.2. The highest BCUT2D eigenvalue weighted by molar-refractivity contribution is 7.99. The molecule has 6 heteroatoms. The number of thioether (sulfide) groups is 1. The summed E-state index contributed by atoms with van der Waals surface area (Å²) in [4.78, 5) is 20.8. The number of rotatable bonds is 9. The molecule has 0 aliphatic carbocycles. The van der Waals surface area contributed by atoms with Crippen molar-refractivity contribution < 1.29 is 19.8 Å². The van der Waals surface area contributed by atoms with Crippen LogP contribution in [0.1, 0.15) is 26.2 Å². The fourth-order valence-corrected chi connectivity index (χ4v) is 2.31. The molecule has 0 aromatic carbocycles. The third-order valence-corrected chi connectivity index (χ3v) is 3.22. The van der Waals surface area contributed by atoms with E-state index in [2.05, 4.69) is 0 Å². The minimum atomic E-state index is -0.972. The minimum Gasteiger partial charge on any atom is -0.481 e. The van der Waals surface area contributed by atoms with Gasteiger partial charge in [-0.05, 0) is 30.3 Å². The van der Waals surface area contributed by atoms with Crippen LogP contribution >= 0.6 is 11.8 Å². The molecule has 0 heterocycles. The van der Waals surface area contributed by atoms with Crippen molar-refractivity contribution in [1.29, 1.82) is 0 Å². The Morgan fingerprint density at radius 1 is 1.25 bits per heavy atom. The standard InChI is InChI=1S/C10H19NO4S/c1-7(6-9(12)13)2-4-16-5-3-8(11)10(14)15/h7-8H,2-6,11H2,1H3,(H,12,13)(H,14,15). The van der Waals surface area contributed by atoms with Crippen LogP contribution in [0.2, 0.25) is 0 Å². The summed E-state index contributed by atoms with van der Waals surface area (Å²) in [6, 6.07) is -0.788. The van der Waals surface area contributed by atoms with Crippen molar-refractivity contribution in [3.8, 4) is 0 Å². The van der Waals surface area contributed by atoms with Gasteiger partial charge in [-0.3, -0.25) is 9.59 Å². The van der Waals surface area contributed by atoms with Crippen molar-refractivity contribution in [3.05, 3.63) is 0 Å². The van der Waals surface area contributed by atoms with Gasteiger partial charge in [0.1, 0.15) is 6.04 Å². The average molecular weight is 249 g/mol. The number of carbonyl (C=O) groups is 2. The molecule has 0 saturated heterocycles. The lowest BCUT2D eigenvalue weighted by Crippen LogP contribution is -2.30. The van der Waals surface area contributed by atoms with Crippen LogP contribution in [-0.2, 0) is 9.59 Å². The third-order valence-electron chi connectivity index (χ3n) is 2.17. The molecule has 0 aromatic heterocycles. The van der Waals surface area contributed by atoms with Gasteiger partial charge in [-0.2, -0.15) is 11.8 Å². The van der Waals surface area contributed by atoms with E-state index in [1.54, 1.807) is 11.8 Å². The van der Waals surface area contributed by atoms with E-state index >= 15 is 0 Å². The molecule has 4 N–H and O–H groups in total. The first-order valence-corrected chi connectivity index (χ1v) is 6.37. The molecule has 0 fully saturated rings. The molecule has 2 unspecified atom stereocenters. The Kier molecular flexibility index (Phi) is 8.01. The zero-order valence-corrected chi connectivity index (χ0v) is 10.2. The van der Waals surface area contributed by atoms with Crippen molar-refractivity contribution in [3.63, 3.8) is 0 Å². The first-order valence-electron chi connectivity index (χ1n) is 5.21. The summed E-state index contributed by atoms with van der Waals surface area (Å²) in [7, 11) is 0. The van der Waals surface area contributed by atoms with Gasteiger partial charge in [0.05, 0.1) is 0 Å². The number of aliphatic carboxylic acids is 2. The SMILES string of the molecule is CC(CCSCCC(N)C(=O)O)CC(=O)O. The maximum Gasteiger partial charge on any atom is 0.320 e. The number of carboxylic acid groups (broad SMARTS) is 2. The van der Waals surface area contributed by atoms with Crippen LogP contribution in [0.3, 0.4) is 0 Å².